The van der Waals surface area contributed by atoms with Crippen molar-refractivity contribution >= 4 is 45.0 Å². The van der Waals surface area contributed by atoms with Crippen LogP contribution in [0, 0.1) is 0 Å². The molecule has 1 aromatic heterocycles. The highest BCUT2D eigenvalue weighted by molar-refractivity contribution is 9.11. The second kappa shape index (κ2) is 6.41. The highest BCUT2D eigenvalue weighted by Gasteiger charge is 2.13. The summed E-state index contributed by atoms with van der Waals surface area (Å²) in [6.45, 7) is 2.01. The number of carbonyl (C=O) groups is 1. The Hall–Kier alpha value is -1.04. The SMILES string of the molecule is CCOC(=O)Oc1cc(-c2cccc(Cl)c2)c(Br)s1. The van der Waals surface area contributed by atoms with Crippen LogP contribution in [0.15, 0.2) is 34.1 Å². The average Bonchev–Trinajstić information content (AvgIpc) is 2.70. The van der Waals surface area contributed by atoms with E-state index in [0.717, 1.165) is 14.9 Å². The summed E-state index contributed by atoms with van der Waals surface area (Å²) in [5.74, 6) is 0. The molecule has 3 nitrogen and oxygen atoms in total. The highest BCUT2D eigenvalue weighted by atomic mass is 79.9. The van der Waals surface area contributed by atoms with Crippen molar-refractivity contribution in [3.05, 3.63) is 39.1 Å². The van der Waals surface area contributed by atoms with E-state index in [9.17, 15) is 4.79 Å². The van der Waals surface area contributed by atoms with Crippen LogP contribution in [0.1, 0.15) is 6.92 Å². The highest BCUT2D eigenvalue weighted by Crippen LogP contribution is 2.40. The lowest BCUT2D eigenvalue weighted by atomic mass is 10.1. The van der Waals surface area contributed by atoms with E-state index in [4.69, 9.17) is 21.1 Å². The van der Waals surface area contributed by atoms with E-state index in [-0.39, 0.29) is 6.61 Å². The fourth-order valence-electron chi connectivity index (χ4n) is 1.48. The van der Waals surface area contributed by atoms with Gasteiger partial charge in [-0.25, -0.2) is 4.79 Å². The maximum atomic E-state index is 11.2. The maximum absolute atomic E-state index is 11.2. The van der Waals surface area contributed by atoms with Gasteiger partial charge in [0.05, 0.1) is 10.4 Å². The average molecular weight is 362 g/mol. The zero-order valence-electron chi connectivity index (χ0n) is 9.98. The van der Waals surface area contributed by atoms with Crippen LogP contribution in [0.5, 0.6) is 5.06 Å². The van der Waals surface area contributed by atoms with Gasteiger partial charge in [0, 0.05) is 16.7 Å². The number of benzene rings is 1. The third-order valence-corrected chi connectivity index (χ3v) is 4.20. The van der Waals surface area contributed by atoms with Gasteiger partial charge in [0.1, 0.15) is 0 Å². The maximum Gasteiger partial charge on any atom is 0.514 e. The van der Waals surface area contributed by atoms with Crippen LogP contribution >= 0.6 is 38.9 Å². The van der Waals surface area contributed by atoms with Crippen molar-refractivity contribution in [1.82, 2.24) is 0 Å². The van der Waals surface area contributed by atoms with E-state index in [2.05, 4.69) is 15.9 Å². The first-order valence-corrected chi connectivity index (χ1v) is 7.48. The van der Waals surface area contributed by atoms with Crippen molar-refractivity contribution in [2.75, 3.05) is 6.61 Å². The molecule has 0 amide bonds. The number of hydrogen-bond donors (Lipinski definition) is 0. The first kappa shape index (κ1) is 14.4. The fraction of sp³-hybridized carbons (Fsp3) is 0.154. The number of thiophene rings is 1. The molecule has 0 bridgehead atoms. The summed E-state index contributed by atoms with van der Waals surface area (Å²) in [6, 6.07) is 9.24. The summed E-state index contributed by atoms with van der Waals surface area (Å²) in [4.78, 5) is 11.2. The Kier molecular flexibility index (Phi) is 4.85. The van der Waals surface area contributed by atoms with Gasteiger partial charge in [0.25, 0.3) is 0 Å². The smallest absolute Gasteiger partial charge is 0.434 e. The number of ether oxygens (including phenoxy) is 2. The molecule has 0 aliphatic rings. The van der Waals surface area contributed by atoms with Crippen LogP contribution in [0.4, 0.5) is 4.79 Å². The molecule has 19 heavy (non-hydrogen) atoms. The van der Waals surface area contributed by atoms with Gasteiger partial charge >= 0.3 is 6.16 Å². The van der Waals surface area contributed by atoms with Gasteiger partial charge in [-0.2, -0.15) is 0 Å². The van der Waals surface area contributed by atoms with Crippen molar-refractivity contribution in [1.29, 1.82) is 0 Å². The predicted octanol–water partition coefficient (Wildman–Crippen LogP) is 5.37. The Morgan fingerprint density at radius 2 is 2.21 bits per heavy atom. The first-order chi connectivity index (χ1) is 9.10. The molecule has 0 radical (unpaired) electrons. The third-order valence-electron chi connectivity index (χ3n) is 2.25. The van der Waals surface area contributed by atoms with E-state index in [1.807, 2.05) is 18.2 Å². The quantitative estimate of drug-likeness (QED) is 0.690. The van der Waals surface area contributed by atoms with Crippen molar-refractivity contribution < 1.29 is 14.3 Å². The van der Waals surface area contributed by atoms with Crippen LogP contribution in [0.25, 0.3) is 11.1 Å². The molecule has 0 fully saturated rings. The van der Waals surface area contributed by atoms with Gasteiger partial charge in [-0.05, 0) is 40.5 Å². The fourth-order valence-corrected chi connectivity index (χ4v) is 3.24. The van der Waals surface area contributed by atoms with Gasteiger partial charge in [-0.15, -0.1) is 0 Å². The molecular formula is C13H10BrClO3S. The van der Waals surface area contributed by atoms with Crippen LogP contribution in [0.3, 0.4) is 0 Å². The monoisotopic (exact) mass is 360 g/mol. The molecule has 1 heterocycles. The first-order valence-electron chi connectivity index (χ1n) is 5.50. The zero-order chi connectivity index (χ0) is 13.8. The minimum atomic E-state index is -0.700. The van der Waals surface area contributed by atoms with Crippen LogP contribution < -0.4 is 4.74 Å². The van der Waals surface area contributed by atoms with Crippen molar-refractivity contribution in [3.63, 3.8) is 0 Å². The third kappa shape index (κ3) is 3.72. The van der Waals surface area contributed by atoms with E-state index in [1.54, 1.807) is 19.1 Å². The van der Waals surface area contributed by atoms with E-state index >= 15 is 0 Å². The van der Waals surface area contributed by atoms with Crippen LogP contribution in [0.2, 0.25) is 5.02 Å². The van der Waals surface area contributed by atoms with Crippen LogP contribution in [-0.4, -0.2) is 12.8 Å². The summed E-state index contributed by atoms with van der Waals surface area (Å²) < 4.78 is 10.7. The number of hydrogen-bond acceptors (Lipinski definition) is 4. The molecule has 0 saturated carbocycles. The Morgan fingerprint density at radius 3 is 2.89 bits per heavy atom. The van der Waals surface area contributed by atoms with Crippen molar-refractivity contribution in [2.24, 2.45) is 0 Å². The topological polar surface area (TPSA) is 35.5 Å². The lowest BCUT2D eigenvalue weighted by molar-refractivity contribution is 0.105. The molecule has 1 aromatic carbocycles. The van der Waals surface area contributed by atoms with Crippen molar-refractivity contribution in [2.45, 2.75) is 6.92 Å². The second-order valence-electron chi connectivity index (χ2n) is 3.55. The predicted molar refractivity (Wildman–Crippen MR) is 80.1 cm³/mol. The van der Waals surface area contributed by atoms with Crippen LogP contribution in [-0.2, 0) is 4.74 Å². The lowest BCUT2D eigenvalue weighted by Gasteiger charge is -2.00. The second-order valence-corrected chi connectivity index (χ2v) is 6.32. The van der Waals surface area contributed by atoms with Gasteiger partial charge in [0.2, 0.25) is 0 Å². The van der Waals surface area contributed by atoms with Gasteiger partial charge in [0.15, 0.2) is 5.06 Å². The molecule has 0 N–H and O–H groups in total. The Morgan fingerprint density at radius 1 is 1.42 bits per heavy atom. The lowest BCUT2D eigenvalue weighted by Crippen LogP contribution is -2.08. The van der Waals surface area contributed by atoms with Gasteiger partial charge in [-0.1, -0.05) is 35.1 Å². The molecule has 6 heteroatoms. The number of carbonyl (C=O) groups excluding carboxylic acids is 1. The molecule has 2 rings (SSSR count). The molecule has 2 aromatic rings. The summed E-state index contributed by atoms with van der Waals surface area (Å²) >= 11 is 10.7. The summed E-state index contributed by atoms with van der Waals surface area (Å²) in [7, 11) is 0. The molecular weight excluding hydrogens is 352 g/mol. The summed E-state index contributed by atoms with van der Waals surface area (Å²) in [5.41, 5.74) is 1.88. The number of halogens is 2. The molecule has 0 atom stereocenters. The minimum Gasteiger partial charge on any atom is -0.434 e. The Labute approximate surface area is 128 Å². The summed E-state index contributed by atoms with van der Waals surface area (Å²) in [6.07, 6.45) is -0.700. The molecule has 0 aliphatic heterocycles. The molecule has 0 aliphatic carbocycles. The van der Waals surface area contributed by atoms with Crippen molar-refractivity contribution in [3.8, 4) is 16.2 Å². The van der Waals surface area contributed by atoms with Gasteiger partial charge in [-0.3, -0.25) is 0 Å². The Balaban J connectivity index is 2.24. The van der Waals surface area contributed by atoms with Gasteiger partial charge < -0.3 is 9.47 Å². The standard InChI is InChI=1S/C13H10BrClO3S/c1-2-17-13(16)18-11-7-10(12(14)19-11)8-4-3-5-9(15)6-8/h3-7H,2H2,1H3. The minimum absolute atomic E-state index is 0.284. The molecule has 0 saturated heterocycles. The normalized spacial score (nSPS) is 10.3. The molecule has 0 unspecified atom stereocenters. The summed E-state index contributed by atoms with van der Waals surface area (Å²) in [5, 5.41) is 1.13. The zero-order valence-corrected chi connectivity index (χ0v) is 13.1. The molecule has 100 valence electrons. The number of rotatable bonds is 3. The Bertz CT molecular complexity index is 597. The molecule has 0 spiro atoms. The van der Waals surface area contributed by atoms with E-state index in [0.29, 0.717) is 10.1 Å². The van der Waals surface area contributed by atoms with E-state index in [1.165, 1.54) is 11.3 Å². The van der Waals surface area contributed by atoms with E-state index < -0.39 is 6.16 Å². The largest absolute Gasteiger partial charge is 0.514 e.